The van der Waals surface area contributed by atoms with E-state index in [1.807, 2.05) is 0 Å². The molecule has 3 aromatic rings. The van der Waals surface area contributed by atoms with Crippen molar-refractivity contribution in [2.45, 2.75) is 13.0 Å². The van der Waals surface area contributed by atoms with Gasteiger partial charge in [-0.05, 0) is 67.1 Å². The lowest BCUT2D eigenvalue weighted by molar-refractivity contribution is -0.114. The number of anilines is 2. The van der Waals surface area contributed by atoms with Gasteiger partial charge in [-0.15, -0.1) is 0 Å². The molecule has 0 atom stereocenters. The van der Waals surface area contributed by atoms with Gasteiger partial charge in [0, 0.05) is 42.8 Å². The highest BCUT2D eigenvalue weighted by Gasteiger charge is 2.08. The summed E-state index contributed by atoms with van der Waals surface area (Å²) in [6, 6.07) is 17.0. The van der Waals surface area contributed by atoms with Gasteiger partial charge in [-0.1, -0.05) is 0 Å². The third kappa shape index (κ3) is 7.79. The predicted molar refractivity (Wildman–Crippen MR) is 129 cm³/mol. The lowest BCUT2D eigenvalue weighted by Gasteiger charge is -2.10. The van der Waals surface area contributed by atoms with E-state index in [1.54, 1.807) is 74.0 Å². The molecule has 0 radical (unpaired) electrons. The Balaban J connectivity index is 1.40. The van der Waals surface area contributed by atoms with E-state index in [0.717, 1.165) is 12.1 Å². The van der Waals surface area contributed by atoms with E-state index in [2.05, 4.69) is 21.3 Å². The van der Waals surface area contributed by atoms with Crippen molar-refractivity contribution in [3.63, 3.8) is 0 Å². The van der Waals surface area contributed by atoms with Gasteiger partial charge in [0.1, 0.15) is 5.76 Å². The van der Waals surface area contributed by atoms with Crippen LogP contribution in [0.1, 0.15) is 32.9 Å². The summed E-state index contributed by atoms with van der Waals surface area (Å²) < 4.78 is 10.1. The lowest BCUT2D eigenvalue weighted by atomic mass is 10.2. The van der Waals surface area contributed by atoms with E-state index in [4.69, 9.17) is 9.15 Å². The molecule has 0 saturated carbocycles. The number of carbonyl (C=O) groups excluding carboxylic acids is 3. The van der Waals surface area contributed by atoms with Gasteiger partial charge >= 0.3 is 0 Å². The van der Waals surface area contributed by atoms with Crippen LogP contribution < -0.4 is 21.3 Å². The minimum Gasteiger partial charge on any atom is -0.467 e. The fourth-order valence-electron chi connectivity index (χ4n) is 3.04. The van der Waals surface area contributed by atoms with E-state index >= 15 is 0 Å². The maximum atomic E-state index is 12.2. The smallest absolute Gasteiger partial charge is 0.251 e. The van der Waals surface area contributed by atoms with Crippen LogP contribution in [-0.4, -0.2) is 44.5 Å². The Bertz CT molecular complexity index is 1060. The zero-order valence-corrected chi connectivity index (χ0v) is 18.9. The first-order valence-corrected chi connectivity index (χ1v) is 10.9. The van der Waals surface area contributed by atoms with Gasteiger partial charge < -0.3 is 30.4 Å². The van der Waals surface area contributed by atoms with Crippen LogP contribution in [0.4, 0.5) is 11.4 Å². The summed E-state index contributed by atoms with van der Waals surface area (Å²) >= 11 is 0. The van der Waals surface area contributed by atoms with Crippen molar-refractivity contribution < 1.29 is 23.5 Å². The number of amides is 3. The Kier molecular flexibility index (Phi) is 9.24. The molecule has 3 rings (SSSR count). The van der Waals surface area contributed by atoms with Crippen molar-refractivity contribution in [3.05, 3.63) is 83.8 Å². The Morgan fingerprint density at radius 3 is 2.12 bits per heavy atom. The summed E-state index contributed by atoms with van der Waals surface area (Å²) in [4.78, 5) is 36.5. The Morgan fingerprint density at radius 2 is 1.50 bits per heavy atom. The molecule has 0 unspecified atom stereocenters. The molecular formula is C25H28N4O5. The summed E-state index contributed by atoms with van der Waals surface area (Å²) in [5.74, 6) is 0.0390. The van der Waals surface area contributed by atoms with Crippen LogP contribution in [0.5, 0.6) is 0 Å². The van der Waals surface area contributed by atoms with Crippen molar-refractivity contribution in [2.24, 2.45) is 0 Å². The second kappa shape index (κ2) is 12.8. The van der Waals surface area contributed by atoms with Gasteiger partial charge in [-0.25, -0.2) is 0 Å². The van der Waals surface area contributed by atoms with Crippen LogP contribution in [0.15, 0.2) is 71.3 Å². The van der Waals surface area contributed by atoms with Crippen LogP contribution >= 0.6 is 0 Å². The van der Waals surface area contributed by atoms with Gasteiger partial charge in [0.25, 0.3) is 11.8 Å². The maximum Gasteiger partial charge on any atom is 0.251 e. The zero-order chi connectivity index (χ0) is 24.2. The average Bonchev–Trinajstić information content (AvgIpc) is 3.38. The molecule has 178 valence electrons. The molecule has 3 amide bonds. The standard InChI is InChI=1S/C25H28N4O5/c1-33-14-3-13-26-24(31)18-5-9-20(10-6-18)27-17-23(30)29-21-11-7-19(8-12-21)25(32)28-16-22-4-2-15-34-22/h2,4-12,15,27H,3,13-14,16-17H2,1H3,(H,26,31)(H,28,32)(H,29,30). The Labute approximate surface area is 197 Å². The van der Waals surface area contributed by atoms with E-state index in [9.17, 15) is 14.4 Å². The molecule has 0 aliphatic rings. The number of hydrogen-bond acceptors (Lipinski definition) is 6. The molecule has 2 aromatic carbocycles. The number of carbonyl (C=O) groups is 3. The molecule has 0 spiro atoms. The number of hydrogen-bond donors (Lipinski definition) is 4. The van der Waals surface area contributed by atoms with E-state index in [0.29, 0.717) is 42.3 Å². The number of rotatable bonds is 12. The van der Waals surface area contributed by atoms with Crippen LogP contribution in [0.3, 0.4) is 0 Å². The van der Waals surface area contributed by atoms with Crippen LogP contribution in [-0.2, 0) is 16.1 Å². The van der Waals surface area contributed by atoms with Gasteiger partial charge in [0.2, 0.25) is 5.91 Å². The summed E-state index contributed by atoms with van der Waals surface area (Å²) in [7, 11) is 1.62. The molecule has 0 aliphatic carbocycles. The first-order valence-electron chi connectivity index (χ1n) is 10.9. The second-order valence-electron chi connectivity index (χ2n) is 7.42. The summed E-state index contributed by atoms with van der Waals surface area (Å²) in [6.45, 7) is 1.49. The van der Waals surface area contributed by atoms with Gasteiger partial charge in [-0.3, -0.25) is 14.4 Å². The van der Waals surface area contributed by atoms with Crippen molar-refractivity contribution in [1.82, 2.24) is 10.6 Å². The van der Waals surface area contributed by atoms with E-state index < -0.39 is 0 Å². The summed E-state index contributed by atoms with van der Waals surface area (Å²) in [5.41, 5.74) is 2.32. The summed E-state index contributed by atoms with van der Waals surface area (Å²) in [6.07, 6.45) is 2.30. The normalized spacial score (nSPS) is 10.4. The largest absolute Gasteiger partial charge is 0.467 e. The first kappa shape index (κ1) is 24.5. The van der Waals surface area contributed by atoms with Crippen molar-refractivity contribution >= 4 is 29.1 Å². The maximum absolute atomic E-state index is 12.2. The van der Waals surface area contributed by atoms with Crippen molar-refractivity contribution in [3.8, 4) is 0 Å². The number of furan rings is 1. The molecule has 4 N–H and O–H groups in total. The molecule has 9 heteroatoms. The monoisotopic (exact) mass is 464 g/mol. The zero-order valence-electron chi connectivity index (χ0n) is 18.9. The second-order valence-corrected chi connectivity index (χ2v) is 7.42. The number of ether oxygens (including phenoxy) is 1. The molecule has 1 heterocycles. The minimum atomic E-state index is -0.241. The molecule has 0 aliphatic heterocycles. The molecule has 0 bridgehead atoms. The fourth-order valence-corrected chi connectivity index (χ4v) is 3.04. The molecule has 0 fully saturated rings. The molecular weight excluding hydrogens is 436 g/mol. The topological polar surface area (TPSA) is 122 Å². The first-order chi connectivity index (χ1) is 16.5. The third-order valence-corrected chi connectivity index (χ3v) is 4.85. The highest BCUT2D eigenvalue weighted by Crippen LogP contribution is 2.12. The van der Waals surface area contributed by atoms with Crippen LogP contribution in [0.25, 0.3) is 0 Å². The SMILES string of the molecule is COCCCNC(=O)c1ccc(NCC(=O)Nc2ccc(C(=O)NCc3ccco3)cc2)cc1. The number of nitrogens with one attached hydrogen (secondary N) is 4. The van der Waals surface area contributed by atoms with Crippen molar-refractivity contribution in [1.29, 1.82) is 0 Å². The van der Waals surface area contributed by atoms with Gasteiger partial charge in [0.15, 0.2) is 0 Å². The molecule has 9 nitrogen and oxygen atoms in total. The van der Waals surface area contributed by atoms with Crippen LogP contribution in [0.2, 0.25) is 0 Å². The van der Waals surface area contributed by atoms with Crippen molar-refractivity contribution in [2.75, 3.05) is 37.4 Å². The molecule has 1 aromatic heterocycles. The minimum absolute atomic E-state index is 0.0495. The summed E-state index contributed by atoms with van der Waals surface area (Å²) in [5, 5.41) is 11.4. The van der Waals surface area contributed by atoms with E-state index in [1.165, 1.54) is 0 Å². The predicted octanol–water partition coefficient (Wildman–Crippen LogP) is 3.03. The van der Waals surface area contributed by atoms with Crippen LogP contribution in [0, 0.1) is 0 Å². The number of methoxy groups -OCH3 is 1. The number of benzene rings is 2. The quantitative estimate of drug-likeness (QED) is 0.306. The van der Waals surface area contributed by atoms with Gasteiger partial charge in [0.05, 0.1) is 19.4 Å². The Morgan fingerprint density at radius 1 is 0.853 bits per heavy atom. The molecule has 34 heavy (non-hydrogen) atoms. The molecule has 0 saturated heterocycles. The highest BCUT2D eigenvalue weighted by atomic mass is 16.5. The van der Waals surface area contributed by atoms with E-state index in [-0.39, 0.29) is 24.3 Å². The highest BCUT2D eigenvalue weighted by molar-refractivity contribution is 5.97. The Hall–Kier alpha value is -4.11. The third-order valence-electron chi connectivity index (χ3n) is 4.85. The van der Waals surface area contributed by atoms with Gasteiger partial charge in [-0.2, -0.15) is 0 Å². The lowest BCUT2D eigenvalue weighted by Crippen LogP contribution is -2.25. The fraction of sp³-hybridized carbons (Fsp3) is 0.240. The average molecular weight is 465 g/mol.